The van der Waals surface area contributed by atoms with Crippen LogP contribution in [0.15, 0.2) is 48.5 Å². The van der Waals surface area contributed by atoms with Crippen LogP contribution in [0.1, 0.15) is 118 Å². The highest BCUT2D eigenvalue weighted by atomic mass is 16.5. The molecule has 4 nitrogen and oxygen atoms in total. The Bertz CT molecular complexity index is 866. The van der Waals surface area contributed by atoms with E-state index in [1.807, 2.05) is 18.2 Å². The van der Waals surface area contributed by atoms with Crippen molar-refractivity contribution in [2.24, 2.45) is 0 Å². The SMILES string of the molecule is CCCCCCCCCCCCOc1ccc(CCc2ccccc2)cc1C(=O)NCCCCCC=N. The molecule has 0 aliphatic carbocycles. The Kier molecular flexibility index (Phi) is 16.9. The Labute approximate surface area is 226 Å². The quantitative estimate of drug-likeness (QED) is 0.124. The minimum atomic E-state index is -0.0494. The molecule has 0 unspecified atom stereocenters. The van der Waals surface area contributed by atoms with Crippen molar-refractivity contribution >= 4 is 12.1 Å². The highest BCUT2D eigenvalue weighted by molar-refractivity contribution is 5.97. The monoisotopic (exact) mass is 506 g/mol. The molecule has 0 fully saturated rings. The summed E-state index contributed by atoms with van der Waals surface area (Å²) in [6.45, 7) is 3.58. The van der Waals surface area contributed by atoms with Gasteiger partial charge >= 0.3 is 0 Å². The van der Waals surface area contributed by atoms with Crippen LogP contribution in [0.4, 0.5) is 0 Å². The van der Waals surface area contributed by atoms with Crippen LogP contribution in [0.3, 0.4) is 0 Å². The lowest BCUT2D eigenvalue weighted by atomic mass is 10.0. The predicted octanol–water partition coefficient (Wildman–Crippen LogP) is 8.71. The summed E-state index contributed by atoms with van der Waals surface area (Å²) in [6.07, 6.45) is 20.0. The maximum Gasteiger partial charge on any atom is 0.255 e. The van der Waals surface area contributed by atoms with Crippen LogP contribution in [-0.4, -0.2) is 25.3 Å². The summed E-state index contributed by atoms with van der Waals surface area (Å²) >= 11 is 0. The van der Waals surface area contributed by atoms with E-state index in [2.05, 4.69) is 42.6 Å². The lowest BCUT2D eigenvalue weighted by molar-refractivity contribution is 0.0948. The van der Waals surface area contributed by atoms with Crippen molar-refractivity contribution < 1.29 is 9.53 Å². The third kappa shape index (κ3) is 14.0. The fourth-order valence-electron chi connectivity index (χ4n) is 4.59. The molecule has 0 atom stereocenters. The van der Waals surface area contributed by atoms with Crippen LogP contribution in [0.25, 0.3) is 0 Å². The fraction of sp³-hybridized carbons (Fsp3) is 0.576. The van der Waals surface area contributed by atoms with E-state index in [4.69, 9.17) is 10.1 Å². The smallest absolute Gasteiger partial charge is 0.255 e. The zero-order valence-electron chi connectivity index (χ0n) is 23.2. The maximum absolute atomic E-state index is 13.1. The lowest BCUT2D eigenvalue weighted by Crippen LogP contribution is -2.25. The molecular weight excluding hydrogens is 456 g/mol. The van der Waals surface area contributed by atoms with Crippen molar-refractivity contribution in [3.63, 3.8) is 0 Å². The third-order valence-corrected chi connectivity index (χ3v) is 6.90. The molecule has 204 valence electrons. The number of amides is 1. The first-order valence-electron chi connectivity index (χ1n) is 14.8. The number of nitrogens with one attached hydrogen (secondary N) is 2. The normalized spacial score (nSPS) is 10.8. The largest absolute Gasteiger partial charge is 0.493 e. The number of carbonyl (C=O) groups excluding carboxylic acids is 1. The summed E-state index contributed by atoms with van der Waals surface area (Å²) < 4.78 is 6.12. The number of benzene rings is 2. The van der Waals surface area contributed by atoms with E-state index in [1.54, 1.807) is 0 Å². The second kappa shape index (κ2) is 20.4. The number of rotatable bonds is 22. The number of ether oxygens (including phenoxy) is 1. The van der Waals surface area contributed by atoms with Crippen molar-refractivity contribution in [1.82, 2.24) is 5.32 Å². The Morgan fingerprint density at radius 1 is 0.784 bits per heavy atom. The van der Waals surface area contributed by atoms with Gasteiger partial charge in [-0.2, -0.15) is 0 Å². The maximum atomic E-state index is 13.1. The van der Waals surface area contributed by atoms with Gasteiger partial charge < -0.3 is 15.5 Å². The molecule has 0 radical (unpaired) electrons. The van der Waals surface area contributed by atoms with Gasteiger partial charge in [0.1, 0.15) is 5.75 Å². The molecule has 0 aromatic heterocycles. The molecule has 0 aliphatic heterocycles. The Morgan fingerprint density at radius 2 is 1.43 bits per heavy atom. The number of unbranched alkanes of at least 4 members (excludes halogenated alkanes) is 12. The van der Waals surface area contributed by atoms with E-state index in [9.17, 15) is 4.79 Å². The minimum Gasteiger partial charge on any atom is -0.493 e. The minimum absolute atomic E-state index is 0.0494. The van der Waals surface area contributed by atoms with Gasteiger partial charge in [-0.15, -0.1) is 0 Å². The van der Waals surface area contributed by atoms with Crippen molar-refractivity contribution in [3.8, 4) is 5.75 Å². The van der Waals surface area contributed by atoms with E-state index in [-0.39, 0.29) is 5.91 Å². The van der Waals surface area contributed by atoms with Gasteiger partial charge in [-0.1, -0.05) is 108 Å². The van der Waals surface area contributed by atoms with Crippen molar-refractivity contribution in [3.05, 3.63) is 65.2 Å². The van der Waals surface area contributed by atoms with Crippen molar-refractivity contribution in [2.75, 3.05) is 13.2 Å². The number of aryl methyl sites for hydroxylation is 2. The van der Waals surface area contributed by atoms with E-state index in [0.717, 1.165) is 50.5 Å². The molecule has 2 N–H and O–H groups in total. The van der Waals surface area contributed by atoms with Gasteiger partial charge in [-0.3, -0.25) is 4.79 Å². The van der Waals surface area contributed by atoms with E-state index in [1.165, 1.54) is 69.6 Å². The summed E-state index contributed by atoms with van der Waals surface area (Å²) in [5.41, 5.74) is 3.11. The standard InChI is InChI=1S/C33H50N2O2/c1-2-3-4-5-6-7-8-9-12-18-27-37-32-24-23-30(22-21-29-19-14-13-15-20-29)28-31(32)33(36)35-26-17-11-10-16-25-34/h13-15,19-20,23-25,28,34H,2-12,16-18,21-22,26-27H2,1H3,(H,35,36). The molecule has 2 aromatic rings. The van der Waals surface area contributed by atoms with Crippen LogP contribution in [0.2, 0.25) is 0 Å². The van der Waals surface area contributed by atoms with Gasteiger partial charge in [0.15, 0.2) is 0 Å². The molecule has 1 amide bonds. The van der Waals surface area contributed by atoms with Gasteiger partial charge in [0.25, 0.3) is 5.91 Å². The second-order valence-corrected chi connectivity index (χ2v) is 10.2. The van der Waals surface area contributed by atoms with Gasteiger partial charge in [0.2, 0.25) is 0 Å². The molecule has 37 heavy (non-hydrogen) atoms. The molecule has 0 heterocycles. The predicted molar refractivity (Wildman–Crippen MR) is 157 cm³/mol. The zero-order valence-corrected chi connectivity index (χ0v) is 23.2. The summed E-state index contributed by atoms with van der Waals surface area (Å²) in [7, 11) is 0. The Balaban J connectivity index is 1.82. The van der Waals surface area contributed by atoms with Crippen molar-refractivity contribution in [2.45, 2.75) is 110 Å². The highest BCUT2D eigenvalue weighted by Crippen LogP contribution is 2.22. The van der Waals surface area contributed by atoms with Gasteiger partial charge in [-0.25, -0.2) is 0 Å². The van der Waals surface area contributed by atoms with Gasteiger partial charge in [0.05, 0.1) is 12.2 Å². The van der Waals surface area contributed by atoms with E-state index >= 15 is 0 Å². The average Bonchev–Trinajstić information content (AvgIpc) is 2.93. The van der Waals surface area contributed by atoms with Crippen LogP contribution in [0, 0.1) is 5.41 Å². The molecule has 0 saturated carbocycles. The van der Waals surface area contributed by atoms with Gasteiger partial charge in [-0.05, 0) is 68.0 Å². The highest BCUT2D eigenvalue weighted by Gasteiger charge is 2.14. The molecule has 0 saturated heterocycles. The molecule has 2 rings (SSSR count). The van der Waals surface area contributed by atoms with Crippen molar-refractivity contribution in [1.29, 1.82) is 5.41 Å². The Morgan fingerprint density at radius 3 is 2.14 bits per heavy atom. The summed E-state index contributed by atoms with van der Waals surface area (Å²) in [5, 5.41) is 10.2. The molecule has 2 aromatic carbocycles. The number of hydrogen-bond acceptors (Lipinski definition) is 3. The molecular formula is C33H50N2O2. The van der Waals surface area contributed by atoms with Gasteiger partial charge in [0, 0.05) is 6.54 Å². The third-order valence-electron chi connectivity index (χ3n) is 6.90. The van der Waals surface area contributed by atoms with Crippen LogP contribution in [-0.2, 0) is 12.8 Å². The summed E-state index contributed by atoms with van der Waals surface area (Å²) in [6, 6.07) is 16.6. The molecule has 0 aliphatic rings. The Hall–Kier alpha value is -2.62. The van der Waals surface area contributed by atoms with Crippen LogP contribution in [0.5, 0.6) is 5.75 Å². The van der Waals surface area contributed by atoms with E-state index < -0.39 is 0 Å². The van der Waals surface area contributed by atoms with Crippen LogP contribution >= 0.6 is 0 Å². The summed E-state index contributed by atoms with van der Waals surface area (Å²) in [5.74, 6) is 0.646. The first-order valence-corrected chi connectivity index (χ1v) is 14.8. The average molecular weight is 507 g/mol. The molecule has 0 bridgehead atoms. The number of carbonyl (C=O) groups is 1. The first-order chi connectivity index (χ1) is 18.2. The molecule has 4 heteroatoms. The summed E-state index contributed by atoms with van der Waals surface area (Å²) in [4.78, 5) is 13.1. The fourth-order valence-corrected chi connectivity index (χ4v) is 4.59. The van der Waals surface area contributed by atoms with Crippen LogP contribution < -0.4 is 10.1 Å². The molecule has 0 spiro atoms. The first kappa shape index (κ1) is 30.6. The van der Waals surface area contributed by atoms with E-state index in [0.29, 0.717) is 24.5 Å². The topological polar surface area (TPSA) is 62.2 Å². The second-order valence-electron chi connectivity index (χ2n) is 10.2. The zero-order chi connectivity index (χ0) is 26.4. The lowest BCUT2D eigenvalue weighted by Gasteiger charge is -2.14. The number of hydrogen-bond donors (Lipinski definition) is 2.